The van der Waals surface area contributed by atoms with E-state index in [0.717, 1.165) is 11.1 Å². The number of guanidine groups is 1. The predicted molar refractivity (Wildman–Crippen MR) is 44.4 cm³/mol. The third-order valence-corrected chi connectivity index (χ3v) is 1.62. The number of hydrogen-bond donors (Lipinski definition) is 3. The summed E-state index contributed by atoms with van der Waals surface area (Å²) in [7, 11) is 0. The molecule has 11 heavy (non-hydrogen) atoms. The Hall–Kier alpha value is -1.45. The number of nitrogens with two attached hydrogens (primary N) is 1. The van der Waals surface area contributed by atoms with Crippen LogP contribution in [-0.4, -0.2) is 11.0 Å². The number of nitrogens with one attached hydrogen (secondary N) is 2. The second kappa shape index (κ2) is 2.65. The van der Waals surface area contributed by atoms with E-state index in [0.29, 0.717) is 0 Å². The lowest BCUT2D eigenvalue weighted by molar-refractivity contribution is 0.458. The Kier molecular flexibility index (Phi) is 1.85. The molecule has 0 aromatic rings. The van der Waals surface area contributed by atoms with E-state index in [1.807, 2.05) is 20.0 Å². The van der Waals surface area contributed by atoms with Gasteiger partial charge in [0.2, 0.25) is 5.96 Å². The average Bonchev–Trinajstić information content (AvgIpc) is 1.94. The first-order valence-electron chi connectivity index (χ1n) is 3.36. The smallest absolute Gasteiger partial charge is 0.211 e. The van der Waals surface area contributed by atoms with Crippen LogP contribution in [0.4, 0.5) is 0 Å². The van der Waals surface area contributed by atoms with Crippen LogP contribution in [0.2, 0.25) is 0 Å². The Bertz CT molecular complexity index is 239. The molecule has 0 unspecified atom stereocenters. The van der Waals surface area contributed by atoms with Crippen LogP contribution in [0.1, 0.15) is 13.8 Å². The highest BCUT2D eigenvalue weighted by Gasteiger charge is 2.06. The van der Waals surface area contributed by atoms with E-state index in [9.17, 15) is 0 Å². The number of allylic oxidation sites excluding steroid dienone is 2. The minimum Gasteiger partial charge on any atom is -0.368 e. The van der Waals surface area contributed by atoms with Crippen molar-refractivity contribution in [1.29, 1.82) is 5.41 Å². The van der Waals surface area contributed by atoms with Crippen molar-refractivity contribution in [2.75, 3.05) is 0 Å². The van der Waals surface area contributed by atoms with E-state index in [4.69, 9.17) is 11.1 Å². The van der Waals surface area contributed by atoms with Gasteiger partial charge in [0.15, 0.2) is 0 Å². The van der Waals surface area contributed by atoms with Crippen LogP contribution in [0.5, 0.6) is 0 Å². The fourth-order valence-corrected chi connectivity index (χ4v) is 0.752. The zero-order valence-electron chi connectivity index (χ0n) is 6.68. The Morgan fingerprint density at radius 1 is 1.55 bits per heavy atom. The highest BCUT2D eigenvalue weighted by Crippen LogP contribution is 2.11. The number of hydrazine groups is 1. The molecule has 1 aliphatic rings. The van der Waals surface area contributed by atoms with Crippen molar-refractivity contribution >= 4 is 5.96 Å². The van der Waals surface area contributed by atoms with Gasteiger partial charge >= 0.3 is 0 Å². The third-order valence-electron chi connectivity index (χ3n) is 1.62. The Labute approximate surface area is 65.8 Å². The second-order valence-electron chi connectivity index (χ2n) is 2.52. The number of rotatable bonds is 0. The van der Waals surface area contributed by atoms with Gasteiger partial charge in [0.1, 0.15) is 0 Å². The van der Waals surface area contributed by atoms with Gasteiger partial charge in [0.25, 0.3) is 0 Å². The van der Waals surface area contributed by atoms with Gasteiger partial charge in [-0.2, -0.15) is 0 Å². The standard InChI is InChI=1S/C7H12N4/c1-5-3-10-11(7(8)9)4-6(5)2/h3-4,10H,1-2H3,(H3,8,9). The summed E-state index contributed by atoms with van der Waals surface area (Å²) in [6.45, 7) is 3.97. The van der Waals surface area contributed by atoms with E-state index in [2.05, 4.69) is 5.43 Å². The second-order valence-corrected chi connectivity index (χ2v) is 2.52. The highest BCUT2D eigenvalue weighted by molar-refractivity contribution is 5.75. The van der Waals surface area contributed by atoms with E-state index >= 15 is 0 Å². The maximum Gasteiger partial charge on any atom is 0.211 e. The molecule has 0 aliphatic carbocycles. The largest absolute Gasteiger partial charge is 0.368 e. The first kappa shape index (κ1) is 7.65. The minimum absolute atomic E-state index is 0.00639. The van der Waals surface area contributed by atoms with Crippen LogP contribution in [0, 0.1) is 5.41 Å². The Morgan fingerprint density at radius 2 is 2.18 bits per heavy atom. The molecule has 0 aromatic heterocycles. The summed E-state index contributed by atoms with van der Waals surface area (Å²) in [6, 6.07) is 0. The molecule has 4 heteroatoms. The summed E-state index contributed by atoms with van der Waals surface area (Å²) in [6.07, 6.45) is 3.61. The minimum atomic E-state index is -0.00639. The van der Waals surface area contributed by atoms with Crippen LogP contribution in [-0.2, 0) is 0 Å². The van der Waals surface area contributed by atoms with Gasteiger partial charge in [0, 0.05) is 12.4 Å². The van der Waals surface area contributed by atoms with Crippen LogP contribution < -0.4 is 11.2 Å². The SMILES string of the molecule is CC1=CNN(C(=N)N)C=C1C. The van der Waals surface area contributed by atoms with Crippen molar-refractivity contribution in [3.63, 3.8) is 0 Å². The van der Waals surface area contributed by atoms with E-state index in [1.165, 1.54) is 5.01 Å². The molecule has 4 nitrogen and oxygen atoms in total. The molecule has 0 spiro atoms. The molecule has 0 fully saturated rings. The zero-order chi connectivity index (χ0) is 8.43. The lowest BCUT2D eigenvalue weighted by atomic mass is 10.1. The third kappa shape index (κ3) is 1.52. The molecule has 1 rings (SSSR count). The van der Waals surface area contributed by atoms with Crippen LogP contribution in [0.25, 0.3) is 0 Å². The van der Waals surface area contributed by atoms with Crippen molar-refractivity contribution in [2.24, 2.45) is 5.73 Å². The van der Waals surface area contributed by atoms with Crippen LogP contribution in [0.3, 0.4) is 0 Å². The molecule has 0 amide bonds. The number of hydrogen-bond acceptors (Lipinski definition) is 2. The van der Waals surface area contributed by atoms with Gasteiger partial charge in [-0.05, 0) is 25.0 Å². The lowest BCUT2D eigenvalue weighted by Crippen LogP contribution is -2.41. The van der Waals surface area contributed by atoms with E-state index in [-0.39, 0.29) is 5.96 Å². The topological polar surface area (TPSA) is 65.1 Å². The maximum atomic E-state index is 7.11. The molecule has 60 valence electrons. The molecule has 1 aliphatic heterocycles. The van der Waals surface area contributed by atoms with Crippen molar-refractivity contribution in [3.05, 3.63) is 23.5 Å². The number of nitrogens with zero attached hydrogens (tertiary/aromatic N) is 1. The monoisotopic (exact) mass is 152 g/mol. The molecule has 0 aromatic carbocycles. The predicted octanol–water partition coefficient (Wildman–Crippen LogP) is 0.508. The quantitative estimate of drug-likeness (QED) is 0.350. The summed E-state index contributed by atoms with van der Waals surface area (Å²) >= 11 is 0. The lowest BCUT2D eigenvalue weighted by Gasteiger charge is -2.23. The molecular weight excluding hydrogens is 140 g/mol. The molecule has 1 heterocycles. The van der Waals surface area contributed by atoms with Gasteiger partial charge in [-0.15, -0.1) is 0 Å². The Morgan fingerprint density at radius 3 is 2.64 bits per heavy atom. The first-order chi connectivity index (χ1) is 5.11. The van der Waals surface area contributed by atoms with Crippen molar-refractivity contribution in [1.82, 2.24) is 10.4 Å². The van der Waals surface area contributed by atoms with E-state index in [1.54, 1.807) is 6.20 Å². The van der Waals surface area contributed by atoms with Crippen LogP contribution in [0.15, 0.2) is 23.5 Å². The first-order valence-corrected chi connectivity index (χ1v) is 3.36. The molecule has 4 N–H and O–H groups in total. The molecule has 0 bridgehead atoms. The molecule has 0 atom stereocenters. The Balaban J connectivity index is 2.77. The maximum absolute atomic E-state index is 7.11. The fourth-order valence-electron chi connectivity index (χ4n) is 0.752. The summed E-state index contributed by atoms with van der Waals surface area (Å²) in [5, 5.41) is 8.57. The normalized spacial score (nSPS) is 16.7. The van der Waals surface area contributed by atoms with Crippen molar-refractivity contribution in [2.45, 2.75) is 13.8 Å². The molecular formula is C7H12N4. The van der Waals surface area contributed by atoms with E-state index < -0.39 is 0 Å². The summed E-state index contributed by atoms with van der Waals surface area (Å²) in [5.41, 5.74) is 10.4. The van der Waals surface area contributed by atoms with Gasteiger partial charge in [-0.25, -0.2) is 5.01 Å². The van der Waals surface area contributed by atoms with Gasteiger partial charge < -0.3 is 5.73 Å². The van der Waals surface area contributed by atoms with Gasteiger partial charge in [-0.3, -0.25) is 10.8 Å². The summed E-state index contributed by atoms with van der Waals surface area (Å²) in [5.74, 6) is -0.00639. The molecule has 0 radical (unpaired) electrons. The fraction of sp³-hybridized carbons (Fsp3) is 0.286. The van der Waals surface area contributed by atoms with Crippen molar-refractivity contribution in [3.8, 4) is 0 Å². The highest BCUT2D eigenvalue weighted by atomic mass is 15.5. The average molecular weight is 152 g/mol. The summed E-state index contributed by atoms with van der Waals surface area (Å²) in [4.78, 5) is 0. The zero-order valence-corrected chi connectivity index (χ0v) is 6.68. The van der Waals surface area contributed by atoms with Crippen molar-refractivity contribution < 1.29 is 0 Å². The molecule has 0 saturated carbocycles. The summed E-state index contributed by atoms with van der Waals surface area (Å²) < 4.78 is 0. The van der Waals surface area contributed by atoms with Gasteiger partial charge in [-0.1, -0.05) is 0 Å². The van der Waals surface area contributed by atoms with Crippen LogP contribution >= 0.6 is 0 Å². The van der Waals surface area contributed by atoms with Gasteiger partial charge in [0.05, 0.1) is 0 Å². The molecule has 0 saturated heterocycles.